The Bertz CT molecular complexity index is 409. The van der Waals surface area contributed by atoms with Crippen molar-refractivity contribution >= 4 is 20.8 Å². The van der Waals surface area contributed by atoms with E-state index in [1.807, 2.05) is 18.8 Å². The van der Waals surface area contributed by atoms with Crippen molar-refractivity contribution in [3.63, 3.8) is 0 Å². The van der Waals surface area contributed by atoms with Crippen LogP contribution in [0.5, 0.6) is 0 Å². The fraction of sp³-hybridized carbons (Fsp3) is 0.300. The molecular formula is C10H13NO3S. The molecular weight excluding hydrogens is 214 g/mol. The molecule has 0 fully saturated rings. The van der Waals surface area contributed by atoms with Crippen LogP contribution in [0.15, 0.2) is 24.3 Å². The molecule has 0 N–H and O–H groups in total. The van der Waals surface area contributed by atoms with Crippen LogP contribution in [0, 0.1) is 10.1 Å². The van der Waals surface area contributed by atoms with Crippen LogP contribution in [-0.2, 0) is 0 Å². The Balaban J connectivity index is 3.12. The maximum Gasteiger partial charge on any atom is 0.270 e. The summed E-state index contributed by atoms with van der Waals surface area (Å²) in [6.07, 6.45) is 5.61. The summed E-state index contributed by atoms with van der Waals surface area (Å²) in [6.45, 7) is 0. The molecule has 15 heavy (non-hydrogen) atoms. The highest BCUT2D eigenvalue weighted by molar-refractivity contribution is 8.44. The molecule has 0 saturated carbocycles. The molecule has 1 aromatic carbocycles. The van der Waals surface area contributed by atoms with Gasteiger partial charge in [0.2, 0.25) is 5.12 Å². The number of non-ortho nitro benzene ring substituents is 1. The first kappa shape index (κ1) is 11.7. The molecule has 4 nitrogen and oxygen atoms in total. The Morgan fingerprint density at radius 1 is 1.33 bits per heavy atom. The topological polar surface area (TPSA) is 60.2 Å². The van der Waals surface area contributed by atoms with Gasteiger partial charge < -0.3 is 0 Å². The van der Waals surface area contributed by atoms with E-state index in [9.17, 15) is 14.9 Å². The van der Waals surface area contributed by atoms with Gasteiger partial charge in [-0.2, -0.15) is 10.0 Å². The largest absolute Gasteiger partial charge is 0.283 e. The number of hydrogen-bond donors (Lipinski definition) is 0. The Hall–Kier alpha value is -1.36. The van der Waals surface area contributed by atoms with Crippen LogP contribution < -0.4 is 0 Å². The molecule has 0 unspecified atom stereocenters. The van der Waals surface area contributed by atoms with Gasteiger partial charge in [-0.3, -0.25) is 14.9 Å². The molecule has 0 bridgehead atoms. The number of nitrogens with zero attached hydrogens (tertiary/aromatic N) is 1. The van der Waals surface area contributed by atoms with Crippen LogP contribution in [0.2, 0.25) is 0 Å². The summed E-state index contributed by atoms with van der Waals surface area (Å²) in [6, 6.07) is 5.87. The number of carbonyl (C=O) groups is 1. The monoisotopic (exact) mass is 227 g/mol. The maximum absolute atomic E-state index is 11.9. The van der Waals surface area contributed by atoms with Gasteiger partial charge in [0, 0.05) is 17.7 Å². The van der Waals surface area contributed by atoms with Gasteiger partial charge in [0.15, 0.2) is 0 Å². The molecule has 0 aliphatic rings. The molecule has 0 aliphatic carbocycles. The van der Waals surface area contributed by atoms with E-state index in [1.165, 1.54) is 18.2 Å². The third kappa shape index (κ3) is 2.79. The molecule has 0 aromatic heterocycles. The first-order valence-electron chi connectivity index (χ1n) is 4.29. The van der Waals surface area contributed by atoms with Crippen LogP contribution in [0.3, 0.4) is 0 Å². The summed E-state index contributed by atoms with van der Waals surface area (Å²) in [5.74, 6) is 0. The predicted octanol–water partition coefficient (Wildman–Crippen LogP) is 2.43. The van der Waals surface area contributed by atoms with Gasteiger partial charge in [-0.25, -0.2) is 0 Å². The maximum atomic E-state index is 11.9. The van der Waals surface area contributed by atoms with Crippen molar-refractivity contribution in [1.29, 1.82) is 0 Å². The lowest BCUT2D eigenvalue weighted by molar-refractivity contribution is -0.384. The second-order valence-corrected chi connectivity index (χ2v) is 7.98. The molecule has 82 valence electrons. The normalized spacial score (nSPS) is 12.2. The number of rotatable bonds is 2. The fourth-order valence-electron chi connectivity index (χ4n) is 1.10. The highest BCUT2D eigenvalue weighted by Crippen LogP contribution is 2.39. The van der Waals surface area contributed by atoms with Gasteiger partial charge in [0.25, 0.3) is 5.69 Å². The van der Waals surface area contributed by atoms with E-state index in [0.29, 0.717) is 5.56 Å². The molecule has 1 rings (SSSR count). The lowest BCUT2D eigenvalue weighted by Gasteiger charge is -2.22. The number of nitro benzene ring substituents is 1. The molecule has 1 aromatic rings. The molecule has 0 heterocycles. The third-order valence-electron chi connectivity index (χ3n) is 1.85. The standard InChI is InChI=1S/C10H13NO3S/c1-15(2,3)10(12)8-5-4-6-9(7-8)11(13)14/h4-7H,1-3H3. The van der Waals surface area contributed by atoms with Gasteiger partial charge >= 0.3 is 0 Å². The van der Waals surface area contributed by atoms with Crippen LogP contribution in [0.1, 0.15) is 10.4 Å². The van der Waals surface area contributed by atoms with Crippen molar-refractivity contribution in [3.8, 4) is 0 Å². The SMILES string of the molecule is CS(C)(C)C(=O)c1cccc([N+](=O)[O-])c1. The van der Waals surface area contributed by atoms with E-state index in [2.05, 4.69) is 0 Å². The molecule has 5 heteroatoms. The molecule has 0 atom stereocenters. The highest BCUT2D eigenvalue weighted by Gasteiger charge is 2.19. The minimum Gasteiger partial charge on any atom is -0.283 e. The van der Waals surface area contributed by atoms with Crippen molar-refractivity contribution in [3.05, 3.63) is 39.9 Å². The highest BCUT2D eigenvalue weighted by atomic mass is 32.3. The van der Waals surface area contributed by atoms with Crippen molar-refractivity contribution < 1.29 is 9.72 Å². The van der Waals surface area contributed by atoms with E-state index in [1.54, 1.807) is 6.07 Å². The fourth-order valence-corrected chi connectivity index (χ4v) is 1.93. The summed E-state index contributed by atoms with van der Waals surface area (Å²) in [4.78, 5) is 21.9. The molecule has 0 spiro atoms. The zero-order valence-electron chi connectivity index (χ0n) is 8.89. The van der Waals surface area contributed by atoms with Crippen LogP contribution >= 0.6 is 10.0 Å². The van der Waals surface area contributed by atoms with Gasteiger partial charge in [0.1, 0.15) is 0 Å². The predicted molar refractivity (Wildman–Crippen MR) is 62.8 cm³/mol. The van der Waals surface area contributed by atoms with Gasteiger partial charge in [-0.1, -0.05) is 12.1 Å². The van der Waals surface area contributed by atoms with E-state index >= 15 is 0 Å². The van der Waals surface area contributed by atoms with E-state index in [4.69, 9.17) is 0 Å². The van der Waals surface area contributed by atoms with Crippen LogP contribution in [-0.4, -0.2) is 28.8 Å². The number of carbonyl (C=O) groups excluding carboxylic acids is 1. The van der Waals surface area contributed by atoms with Gasteiger partial charge in [-0.15, -0.1) is 0 Å². The number of benzene rings is 1. The molecule has 0 aliphatic heterocycles. The minimum absolute atomic E-state index is 0.00815. The van der Waals surface area contributed by atoms with E-state index in [0.717, 1.165) is 0 Å². The van der Waals surface area contributed by atoms with Crippen molar-refractivity contribution in [1.82, 2.24) is 0 Å². The first-order valence-corrected chi connectivity index (χ1v) is 7.15. The lowest BCUT2D eigenvalue weighted by Crippen LogP contribution is -2.08. The third-order valence-corrected chi connectivity index (χ3v) is 3.20. The average molecular weight is 227 g/mol. The van der Waals surface area contributed by atoms with Crippen molar-refractivity contribution in [2.24, 2.45) is 0 Å². The number of nitro groups is 1. The Morgan fingerprint density at radius 2 is 1.93 bits per heavy atom. The second kappa shape index (κ2) is 4.02. The lowest BCUT2D eigenvalue weighted by atomic mass is 10.2. The molecule has 0 saturated heterocycles. The summed E-state index contributed by atoms with van der Waals surface area (Å²) in [7, 11) is -1.36. The average Bonchev–Trinajstić information content (AvgIpc) is 2.15. The van der Waals surface area contributed by atoms with Gasteiger partial charge in [0.05, 0.1) is 4.92 Å². The van der Waals surface area contributed by atoms with E-state index < -0.39 is 15.0 Å². The van der Waals surface area contributed by atoms with Crippen LogP contribution in [0.25, 0.3) is 0 Å². The zero-order valence-corrected chi connectivity index (χ0v) is 9.71. The Morgan fingerprint density at radius 3 is 2.40 bits per heavy atom. The Kier molecular flexibility index (Phi) is 3.14. The van der Waals surface area contributed by atoms with Crippen molar-refractivity contribution in [2.75, 3.05) is 18.8 Å². The van der Waals surface area contributed by atoms with Gasteiger partial charge in [-0.05, 0) is 18.8 Å². The molecule has 0 radical (unpaired) electrons. The summed E-state index contributed by atoms with van der Waals surface area (Å²) < 4.78 is 0. The van der Waals surface area contributed by atoms with Crippen molar-refractivity contribution in [2.45, 2.75) is 0 Å². The number of hydrogen-bond acceptors (Lipinski definition) is 3. The quantitative estimate of drug-likeness (QED) is 0.576. The minimum atomic E-state index is -1.36. The van der Waals surface area contributed by atoms with Crippen LogP contribution in [0.4, 0.5) is 5.69 Å². The Labute approximate surface area is 89.8 Å². The molecule has 0 amide bonds. The van der Waals surface area contributed by atoms with E-state index in [-0.39, 0.29) is 10.8 Å². The smallest absolute Gasteiger partial charge is 0.270 e. The first-order chi connectivity index (χ1) is 6.82. The summed E-state index contributed by atoms with van der Waals surface area (Å²) in [5.41, 5.74) is 0.385. The summed E-state index contributed by atoms with van der Waals surface area (Å²) in [5, 5.41) is 10.5. The summed E-state index contributed by atoms with van der Waals surface area (Å²) >= 11 is 0. The second-order valence-electron chi connectivity index (χ2n) is 3.93. The zero-order chi connectivity index (χ0) is 11.6.